The number of benzene rings is 1. The molecular weight excluding hydrogens is 188 g/mol. The van der Waals surface area contributed by atoms with Gasteiger partial charge in [-0.1, -0.05) is 11.6 Å². The molecule has 0 bridgehead atoms. The number of hydrogen-bond donors (Lipinski definition) is 0. The summed E-state index contributed by atoms with van der Waals surface area (Å²) in [7, 11) is 1.60. The number of ether oxygens (including phenoxy) is 2. The quantitative estimate of drug-likeness (QED) is 0.747. The summed E-state index contributed by atoms with van der Waals surface area (Å²) < 4.78 is 10.5. The number of halogens is 1. The molecule has 1 rings (SSSR count). The third kappa shape index (κ3) is 2.28. The average Bonchev–Trinajstić information content (AvgIpc) is 2.11. The highest BCUT2D eigenvalue weighted by molar-refractivity contribution is 6.31. The first kappa shape index (κ1) is 10.2. The molecule has 72 valence electrons. The van der Waals surface area contributed by atoms with Gasteiger partial charge in [-0.05, 0) is 25.5 Å². The van der Waals surface area contributed by atoms with Crippen molar-refractivity contribution in [3.63, 3.8) is 0 Å². The second-order valence-electron chi connectivity index (χ2n) is 2.69. The fourth-order valence-corrected chi connectivity index (χ4v) is 1.22. The van der Waals surface area contributed by atoms with Gasteiger partial charge in [-0.2, -0.15) is 0 Å². The van der Waals surface area contributed by atoms with Crippen LogP contribution < -0.4 is 9.47 Å². The fraction of sp³-hybridized carbons (Fsp3) is 0.400. The van der Waals surface area contributed by atoms with E-state index in [-0.39, 0.29) is 0 Å². The minimum atomic E-state index is 0.622. The van der Waals surface area contributed by atoms with Crippen LogP contribution in [-0.2, 0) is 0 Å². The fourth-order valence-electron chi connectivity index (χ4n) is 1.06. The molecule has 0 aliphatic carbocycles. The van der Waals surface area contributed by atoms with Gasteiger partial charge in [0.1, 0.15) is 0 Å². The van der Waals surface area contributed by atoms with Gasteiger partial charge in [0, 0.05) is 11.1 Å². The molecule has 0 fully saturated rings. The van der Waals surface area contributed by atoms with Crippen LogP contribution in [0, 0.1) is 6.92 Å². The first-order chi connectivity index (χ1) is 6.19. The zero-order chi connectivity index (χ0) is 9.84. The maximum absolute atomic E-state index is 5.93. The molecule has 0 aliphatic heterocycles. The van der Waals surface area contributed by atoms with E-state index in [9.17, 15) is 0 Å². The molecule has 0 N–H and O–H groups in total. The average molecular weight is 201 g/mol. The van der Waals surface area contributed by atoms with E-state index in [2.05, 4.69) is 0 Å². The molecule has 0 aromatic heterocycles. The Labute approximate surface area is 83.4 Å². The zero-order valence-electron chi connectivity index (χ0n) is 8.06. The van der Waals surface area contributed by atoms with Crippen molar-refractivity contribution in [2.24, 2.45) is 0 Å². The number of rotatable bonds is 3. The summed E-state index contributed by atoms with van der Waals surface area (Å²) >= 11 is 5.93. The highest BCUT2D eigenvalue weighted by Crippen LogP contribution is 2.32. The molecule has 13 heavy (non-hydrogen) atoms. The Morgan fingerprint density at radius 3 is 2.54 bits per heavy atom. The van der Waals surface area contributed by atoms with Gasteiger partial charge in [0.25, 0.3) is 0 Å². The Morgan fingerprint density at radius 1 is 1.31 bits per heavy atom. The maximum Gasteiger partial charge on any atom is 0.162 e. The van der Waals surface area contributed by atoms with Gasteiger partial charge in [0.2, 0.25) is 0 Å². The van der Waals surface area contributed by atoms with Crippen molar-refractivity contribution >= 4 is 11.6 Å². The minimum absolute atomic E-state index is 0.622. The molecule has 0 saturated heterocycles. The lowest BCUT2D eigenvalue weighted by Gasteiger charge is -2.10. The number of aryl methyl sites for hydroxylation is 1. The van der Waals surface area contributed by atoms with Crippen LogP contribution >= 0.6 is 11.6 Å². The van der Waals surface area contributed by atoms with Crippen molar-refractivity contribution in [3.05, 3.63) is 22.7 Å². The molecule has 0 heterocycles. The Morgan fingerprint density at radius 2 is 2.00 bits per heavy atom. The molecular formula is C10H13ClO2. The lowest BCUT2D eigenvalue weighted by Crippen LogP contribution is -1.95. The molecule has 0 amide bonds. The number of methoxy groups -OCH3 is 1. The van der Waals surface area contributed by atoms with Crippen LogP contribution in [0.15, 0.2) is 12.1 Å². The summed E-state index contributed by atoms with van der Waals surface area (Å²) in [6, 6.07) is 3.65. The van der Waals surface area contributed by atoms with Gasteiger partial charge in [0.15, 0.2) is 11.5 Å². The maximum atomic E-state index is 5.93. The number of hydrogen-bond acceptors (Lipinski definition) is 2. The minimum Gasteiger partial charge on any atom is -0.493 e. The van der Waals surface area contributed by atoms with Crippen LogP contribution in [0.2, 0.25) is 5.02 Å². The van der Waals surface area contributed by atoms with E-state index in [0.717, 1.165) is 11.3 Å². The van der Waals surface area contributed by atoms with E-state index in [1.807, 2.05) is 19.9 Å². The molecule has 1 aromatic rings. The lowest BCUT2D eigenvalue weighted by atomic mass is 10.2. The van der Waals surface area contributed by atoms with E-state index in [4.69, 9.17) is 21.1 Å². The topological polar surface area (TPSA) is 18.5 Å². The summed E-state index contributed by atoms with van der Waals surface area (Å²) in [5.41, 5.74) is 0.992. The summed E-state index contributed by atoms with van der Waals surface area (Å²) in [6.07, 6.45) is 0. The van der Waals surface area contributed by atoms with Crippen LogP contribution in [0.25, 0.3) is 0 Å². The van der Waals surface area contributed by atoms with Gasteiger partial charge >= 0.3 is 0 Å². The highest BCUT2D eigenvalue weighted by atomic mass is 35.5. The molecule has 0 spiro atoms. The predicted molar refractivity (Wildman–Crippen MR) is 53.9 cm³/mol. The van der Waals surface area contributed by atoms with E-state index in [1.165, 1.54) is 0 Å². The first-order valence-corrected chi connectivity index (χ1v) is 4.53. The van der Waals surface area contributed by atoms with Gasteiger partial charge < -0.3 is 9.47 Å². The van der Waals surface area contributed by atoms with E-state index >= 15 is 0 Å². The Bertz CT molecular complexity index is 297. The summed E-state index contributed by atoms with van der Waals surface area (Å²) in [6.45, 7) is 4.49. The van der Waals surface area contributed by atoms with Crippen molar-refractivity contribution < 1.29 is 9.47 Å². The monoisotopic (exact) mass is 200 g/mol. The smallest absolute Gasteiger partial charge is 0.162 e. The van der Waals surface area contributed by atoms with Gasteiger partial charge in [-0.3, -0.25) is 0 Å². The molecule has 2 nitrogen and oxygen atoms in total. The van der Waals surface area contributed by atoms with Crippen LogP contribution in [0.5, 0.6) is 11.5 Å². The van der Waals surface area contributed by atoms with Gasteiger partial charge in [-0.25, -0.2) is 0 Å². The second-order valence-corrected chi connectivity index (χ2v) is 3.09. The normalized spacial score (nSPS) is 9.85. The Hall–Kier alpha value is -0.890. The first-order valence-electron chi connectivity index (χ1n) is 4.16. The van der Waals surface area contributed by atoms with Crippen molar-refractivity contribution in [2.45, 2.75) is 13.8 Å². The molecule has 0 radical (unpaired) electrons. The summed E-state index contributed by atoms with van der Waals surface area (Å²) in [5, 5.41) is 0.695. The van der Waals surface area contributed by atoms with Crippen LogP contribution in [0.3, 0.4) is 0 Å². The van der Waals surface area contributed by atoms with E-state index < -0.39 is 0 Å². The van der Waals surface area contributed by atoms with Crippen LogP contribution in [0.4, 0.5) is 0 Å². The van der Waals surface area contributed by atoms with Crippen molar-refractivity contribution in [1.29, 1.82) is 0 Å². The Kier molecular flexibility index (Phi) is 3.43. The largest absolute Gasteiger partial charge is 0.493 e. The van der Waals surface area contributed by atoms with Gasteiger partial charge in [0.05, 0.1) is 13.7 Å². The third-order valence-corrected chi connectivity index (χ3v) is 2.15. The van der Waals surface area contributed by atoms with Gasteiger partial charge in [-0.15, -0.1) is 0 Å². The zero-order valence-corrected chi connectivity index (χ0v) is 8.81. The molecule has 0 saturated carbocycles. The second kappa shape index (κ2) is 4.38. The highest BCUT2D eigenvalue weighted by Gasteiger charge is 2.06. The third-order valence-electron chi connectivity index (χ3n) is 1.74. The molecule has 3 heteroatoms. The van der Waals surface area contributed by atoms with E-state index in [1.54, 1.807) is 13.2 Å². The lowest BCUT2D eigenvalue weighted by molar-refractivity contribution is 0.310. The van der Waals surface area contributed by atoms with Crippen LogP contribution in [-0.4, -0.2) is 13.7 Å². The molecule has 0 aliphatic rings. The Balaban J connectivity index is 3.09. The van der Waals surface area contributed by atoms with Crippen molar-refractivity contribution in [1.82, 2.24) is 0 Å². The summed E-state index contributed by atoms with van der Waals surface area (Å²) in [5.74, 6) is 1.42. The SMILES string of the molecule is CCOc1cc(C)c(Cl)cc1OC. The predicted octanol–water partition coefficient (Wildman–Crippen LogP) is 3.06. The summed E-state index contributed by atoms with van der Waals surface area (Å²) in [4.78, 5) is 0. The molecule has 1 aromatic carbocycles. The molecule has 0 unspecified atom stereocenters. The standard InChI is InChI=1S/C10H13ClO2/c1-4-13-10-5-7(2)8(11)6-9(10)12-3/h5-6H,4H2,1-3H3. The van der Waals surface area contributed by atoms with Crippen molar-refractivity contribution in [3.8, 4) is 11.5 Å². The van der Waals surface area contributed by atoms with E-state index in [0.29, 0.717) is 17.4 Å². The van der Waals surface area contributed by atoms with Crippen LogP contribution in [0.1, 0.15) is 12.5 Å². The molecule has 0 atom stereocenters. The van der Waals surface area contributed by atoms with Crippen molar-refractivity contribution in [2.75, 3.05) is 13.7 Å².